The Morgan fingerprint density at radius 1 is 1.25 bits per heavy atom. The second-order valence-corrected chi connectivity index (χ2v) is 0. The summed E-state index contributed by atoms with van der Waals surface area (Å²) in [5, 5.41) is 0. The zero-order valence-electron chi connectivity index (χ0n) is 1.82. The molecule has 0 saturated carbocycles. The minimum atomic E-state index is 0. The van der Waals surface area contributed by atoms with Gasteiger partial charge in [0.2, 0.25) is 0 Å². The molecule has 0 aromatic carbocycles. The first-order valence-corrected chi connectivity index (χ1v) is 0.204. The van der Waals surface area contributed by atoms with Crippen LogP contribution in [-0.4, -0.2) is 5.48 Å². The van der Waals surface area contributed by atoms with Crippen LogP contribution in [0.4, 0.5) is 0 Å². The van der Waals surface area contributed by atoms with Crippen molar-refractivity contribution in [2.24, 2.45) is 0 Å². The minimum Gasteiger partial charge on any atom is -0.412 e. The van der Waals surface area contributed by atoms with Crippen molar-refractivity contribution in [3.63, 3.8) is 0 Å². The van der Waals surface area contributed by atoms with E-state index in [1.807, 2.05) is 0 Å². The molecular weight excluding hydrogens is 230 g/mol. The van der Waals surface area contributed by atoms with Crippen molar-refractivity contribution in [1.82, 2.24) is 0 Å². The van der Waals surface area contributed by atoms with Crippen molar-refractivity contribution < 1.29 is 26.5 Å². The molecule has 0 heterocycles. The molecule has 0 radical (unpaired) electrons. The Labute approximate surface area is 37.7 Å². The van der Waals surface area contributed by atoms with Crippen LogP contribution in [0.5, 0.6) is 0 Å². The summed E-state index contributed by atoms with van der Waals surface area (Å²) in [7, 11) is 0. The average Bonchev–Trinajstić information content (AvgIpc) is 1.00. The summed E-state index contributed by atoms with van der Waals surface area (Å²) in [4.78, 5) is 7.50. The van der Waals surface area contributed by atoms with Crippen molar-refractivity contribution >= 4 is 0 Å². The number of hydrogen-bond donors (Lipinski definition) is 1. The second-order valence-electron chi connectivity index (χ2n) is 0. The monoisotopic (exact) mass is 233 g/mol. The van der Waals surface area contributed by atoms with Gasteiger partial charge < -0.3 is 5.48 Å². The predicted molar refractivity (Wildman–Crippen MR) is 9.70 cm³/mol. The third kappa shape index (κ3) is 56.8. The Balaban J connectivity index is -0.00000000500. The van der Waals surface area contributed by atoms with Gasteiger partial charge in [0.05, 0.1) is 0 Å². The van der Waals surface area contributed by atoms with Crippen LogP contribution in [0.1, 0.15) is 0 Å². The van der Waals surface area contributed by atoms with Crippen molar-refractivity contribution in [3.8, 4) is 0 Å². The standard InChI is InChI=1S/HNO.H2O.W/c1-2;;/h1H;1H2;. The van der Waals surface area contributed by atoms with Gasteiger partial charge in [-0.15, -0.1) is 0 Å². The van der Waals surface area contributed by atoms with Crippen LogP contribution in [0, 0.1) is 10.5 Å². The summed E-state index contributed by atoms with van der Waals surface area (Å²) >= 11 is 0. The van der Waals surface area contributed by atoms with E-state index in [1.54, 1.807) is 0 Å². The van der Waals surface area contributed by atoms with Crippen LogP contribution in [0.3, 0.4) is 0 Å². The van der Waals surface area contributed by atoms with Gasteiger partial charge in [-0.05, 0) is 0 Å². The Hall–Kier alpha value is 0.248. The van der Waals surface area contributed by atoms with Gasteiger partial charge in [0.25, 0.3) is 0 Å². The maximum absolute atomic E-state index is 7.50. The third-order valence-corrected chi connectivity index (χ3v) is 0. The molecule has 0 aliphatic heterocycles. The van der Waals surface area contributed by atoms with Gasteiger partial charge >= 0.3 is 0 Å². The fourth-order valence-electron chi connectivity index (χ4n) is 0. The fraction of sp³-hybridized carbons (Fsp3) is 0. The van der Waals surface area contributed by atoms with E-state index >= 15 is 0 Å². The molecule has 3 nitrogen and oxygen atoms in total. The van der Waals surface area contributed by atoms with Crippen LogP contribution >= 0.6 is 0 Å². The molecular formula is H3NO2W. The third-order valence-electron chi connectivity index (χ3n) is 0. The van der Waals surface area contributed by atoms with E-state index < -0.39 is 0 Å². The van der Waals surface area contributed by atoms with E-state index in [4.69, 9.17) is 4.91 Å². The molecule has 0 fully saturated rings. The second kappa shape index (κ2) is 266. The molecule has 0 unspecified atom stereocenters. The van der Waals surface area contributed by atoms with E-state index in [-0.39, 0.29) is 26.5 Å². The zero-order chi connectivity index (χ0) is 2.00. The first kappa shape index (κ1) is 28.8. The number of hydrogen-bond acceptors (Lipinski definition) is 2. The zero-order valence-corrected chi connectivity index (χ0v) is 4.75. The molecule has 4 heteroatoms. The van der Waals surface area contributed by atoms with E-state index in [0.29, 0.717) is 0 Å². The van der Waals surface area contributed by atoms with Crippen LogP contribution < -0.4 is 0 Å². The van der Waals surface area contributed by atoms with Gasteiger partial charge in [-0.1, -0.05) is 5.59 Å². The van der Waals surface area contributed by atoms with Gasteiger partial charge in [-0.25, -0.2) is 0 Å². The molecule has 0 aliphatic rings. The van der Waals surface area contributed by atoms with Gasteiger partial charge in [-0.3, -0.25) is 0 Å². The molecule has 0 saturated heterocycles. The van der Waals surface area contributed by atoms with Crippen LogP contribution in [0.25, 0.3) is 0 Å². The minimum absolute atomic E-state index is 0. The molecule has 0 rings (SSSR count). The molecule has 3 N–H and O–H groups in total. The number of rotatable bonds is 0. The normalized spacial score (nSPS) is 1.00. The molecule has 4 heavy (non-hydrogen) atoms. The quantitative estimate of drug-likeness (QED) is 0.563. The molecule has 0 aromatic rings. The van der Waals surface area contributed by atoms with E-state index in [2.05, 4.69) is 5.59 Å². The summed E-state index contributed by atoms with van der Waals surface area (Å²) in [6.07, 6.45) is 0. The van der Waals surface area contributed by atoms with Crippen LogP contribution in [0.2, 0.25) is 0 Å². The molecule has 0 amide bonds. The Kier molecular flexibility index (Phi) is 1920. The molecule has 0 spiro atoms. The van der Waals surface area contributed by atoms with Gasteiger partial charge in [0, 0.05) is 21.1 Å². The SMILES string of the molecule is N=O.O.[W]. The maximum Gasteiger partial charge on any atom is 0 e. The van der Waals surface area contributed by atoms with Crippen molar-refractivity contribution in [3.05, 3.63) is 4.91 Å². The van der Waals surface area contributed by atoms with Crippen molar-refractivity contribution in [2.45, 2.75) is 0 Å². The van der Waals surface area contributed by atoms with Crippen LogP contribution in [0.15, 0.2) is 0 Å². The van der Waals surface area contributed by atoms with Crippen molar-refractivity contribution in [1.29, 1.82) is 5.59 Å². The summed E-state index contributed by atoms with van der Waals surface area (Å²) in [5.41, 5.74) is 4.50. The Bertz CT molecular complexity index is 6.00. The van der Waals surface area contributed by atoms with Crippen molar-refractivity contribution in [2.75, 3.05) is 0 Å². The number of nitroso groups, excluding NO2 is 1. The van der Waals surface area contributed by atoms with E-state index in [1.165, 1.54) is 0 Å². The Morgan fingerprint density at radius 2 is 1.25 bits per heavy atom. The van der Waals surface area contributed by atoms with Gasteiger partial charge in [-0.2, -0.15) is 4.91 Å². The topological polar surface area (TPSA) is 72.4 Å². The molecule has 0 aromatic heterocycles. The summed E-state index contributed by atoms with van der Waals surface area (Å²) in [5.74, 6) is 0. The molecule has 26 valence electrons. The summed E-state index contributed by atoms with van der Waals surface area (Å²) < 4.78 is 0. The first-order chi connectivity index (χ1) is 1.00. The van der Waals surface area contributed by atoms with E-state index in [0.717, 1.165) is 0 Å². The number of nitrogens with one attached hydrogen (secondary N) is 1. The van der Waals surface area contributed by atoms with Gasteiger partial charge in [0.15, 0.2) is 0 Å². The predicted octanol–water partition coefficient (Wildman–Crippen LogP) is -0.496. The molecule has 0 bridgehead atoms. The van der Waals surface area contributed by atoms with E-state index in [9.17, 15) is 0 Å². The molecule has 0 atom stereocenters. The van der Waals surface area contributed by atoms with Crippen LogP contribution in [-0.2, 0) is 21.1 Å². The average molecular weight is 233 g/mol. The fourth-order valence-corrected chi connectivity index (χ4v) is 0. The smallest absolute Gasteiger partial charge is 0 e. The van der Waals surface area contributed by atoms with Gasteiger partial charge in [0.1, 0.15) is 0 Å². The Morgan fingerprint density at radius 3 is 1.25 bits per heavy atom. The molecule has 0 aliphatic carbocycles. The first-order valence-electron chi connectivity index (χ1n) is 0.204. The summed E-state index contributed by atoms with van der Waals surface area (Å²) in [6, 6.07) is 0. The summed E-state index contributed by atoms with van der Waals surface area (Å²) in [6.45, 7) is 0. The maximum atomic E-state index is 7.50. The largest absolute Gasteiger partial charge is 0.412 e.